The maximum Gasteiger partial charge on any atom is 0.233 e. The quantitative estimate of drug-likeness (QED) is 0.647. The molecule has 0 aliphatic heterocycles. The van der Waals surface area contributed by atoms with Crippen LogP contribution in [0.3, 0.4) is 0 Å². The van der Waals surface area contributed by atoms with Gasteiger partial charge < -0.3 is 10.6 Å². The lowest BCUT2D eigenvalue weighted by Crippen LogP contribution is -2.21. The molecular weight excluding hydrogens is 299 g/mol. The van der Waals surface area contributed by atoms with Crippen molar-refractivity contribution in [3.05, 3.63) is 54.5 Å². The maximum atomic E-state index is 13.0. The Kier molecular flexibility index (Phi) is 4.01. The third-order valence-corrected chi connectivity index (χ3v) is 3.16. The second-order valence-electron chi connectivity index (χ2n) is 4.96. The van der Waals surface area contributed by atoms with E-state index >= 15 is 0 Å². The summed E-state index contributed by atoms with van der Waals surface area (Å²) in [4.78, 5) is 23.7. The van der Waals surface area contributed by atoms with Gasteiger partial charge >= 0.3 is 0 Å². The van der Waals surface area contributed by atoms with E-state index in [1.54, 1.807) is 30.5 Å². The smallest absolute Gasteiger partial charge is 0.233 e. The number of aromatic amines is 1. The molecule has 0 aliphatic rings. The number of fused-ring (bicyclic) bond motifs is 1. The Morgan fingerprint density at radius 1 is 1.04 bits per heavy atom. The van der Waals surface area contributed by atoms with Gasteiger partial charge in [-0.25, -0.2) is 4.39 Å². The average Bonchev–Trinajstić information content (AvgIpc) is 2.94. The van der Waals surface area contributed by atoms with E-state index in [0.29, 0.717) is 11.4 Å². The fourth-order valence-corrected chi connectivity index (χ4v) is 2.14. The Hall–Kier alpha value is -3.22. The average molecular weight is 312 g/mol. The summed E-state index contributed by atoms with van der Waals surface area (Å²) in [5.74, 6) is -1.44. The number of rotatable bonds is 4. The SMILES string of the molecule is O=C(CC(=O)Nc1ccc2cn[nH]c2c1)Nc1cccc(F)c1. The Bertz CT molecular complexity index is 875. The standard InChI is InChI=1S/C16H13FN4O2/c17-11-2-1-3-12(6-11)19-15(22)8-16(23)20-13-5-4-10-9-18-21-14(10)7-13/h1-7,9H,8H2,(H,18,21)(H,19,22)(H,20,23). The van der Waals surface area contributed by atoms with Crippen LogP contribution in [-0.4, -0.2) is 22.0 Å². The molecule has 0 bridgehead atoms. The highest BCUT2D eigenvalue weighted by Crippen LogP contribution is 2.16. The molecule has 0 spiro atoms. The van der Waals surface area contributed by atoms with Gasteiger partial charge in [-0.3, -0.25) is 14.7 Å². The number of anilines is 2. The lowest BCUT2D eigenvalue weighted by atomic mass is 10.2. The molecular formula is C16H13FN4O2. The van der Waals surface area contributed by atoms with Crippen LogP contribution in [0.25, 0.3) is 10.9 Å². The number of hydrogen-bond acceptors (Lipinski definition) is 3. The first-order valence-electron chi connectivity index (χ1n) is 6.88. The molecule has 6 nitrogen and oxygen atoms in total. The van der Waals surface area contributed by atoms with E-state index < -0.39 is 17.6 Å². The molecule has 23 heavy (non-hydrogen) atoms. The molecule has 1 heterocycles. The molecule has 0 saturated heterocycles. The maximum absolute atomic E-state index is 13.0. The van der Waals surface area contributed by atoms with Crippen molar-refractivity contribution in [1.82, 2.24) is 10.2 Å². The summed E-state index contributed by atoms with van der Waals surface area (Å²) >= 11 is 0. The van der Waals surface area contributed by atoms with Crippen LogP contribution in [0.15, 0.2) is 48.7 Å². The Labute approximate surface area is 130 Å². The van der Waals surface area contributed by atoms with Crippen molar-refractivity contribution >= 4 is 34.1 Å². The first-order valence-corrected chi connectivity index (χ1v) is 6.88. The highest BCUT2D eigenvalue weighted by atomic mass is 19.1. The summed E-state index contributed by atoms with van der Waals surface area (Å²) in [6.45, 7) is 0. The second kappa shape index (κ2) is 6.27. The van der Waals surface area contributed by atoms with Gasteiger partial charge in [-0.05, 0) is 36.4 Å². The minimum atomic E-state index is -0.518. The van der Waals surface area contributed by atoms with Crippen LogP contribution < -0.4 is 10.6 Å². The third kappa shape index (κ3) is 3.70. The van der Waals surface area contributed by atoms with E-state index in [2.05, 4.69) is 20.8 Å². The van der Waals surface area contributed by atoms with Crippen molar-refractivity contribution in [2.24, 2.45) is 0 Å². The number of nitrogens with one attached hydrogen (secondary N) is 3. The number of nitrogens with zero attached hydrogens (tertiary/aromatic N) is 1. The predicted molar refractivity (Wildman–Crippen MR) is 84.4 cm³/mol. The molecule has 3 aromatic rings. The molecule has 3 N–H and O–H groups in total. The fraction of sp³-hybridized carbons (Fsp3) is 0.0625. The lowest BCUT2D eigenvalue weighted by Gasteiger charge is -2.07. The van der Waals surface area contributed by atoms with Gasteiger partial charge in [0.1, 0.15) is 12.2 Å². The molecule has 1 aromatic heterocycles. The summed E-state index contributed by atoms with van der Waals surface area (Å²) in [5, 5.41) is 12.7. The number of hydrogen-bond donors (Lipinski definition) is 3. The van der Waals surface area contributed by atoms with E-state index in [0.717, 1.165) is 10.9 Å². The normalized spacial score (nSPS) is 10.5. The van der Waals surface area contributed by atoms with Crippen molar-refractivity contribution < 1.29 is 14.0 Å². The molecule has 2 aromatic carbocycles. The molecule has 7 heteroatoms. The number of carbonyl (C=O) groups is 2. The van der Waals surface area contributed by atoms with E-state index in [-0.39, 0.29) is 6.42 Å². The Morgan fingerprint density at radius 3 is 2.52 bits per heavy atom. The number of benzene rings is 2. The Balaban J connectivity index is 1.59. The van der Waals surface area contributed by atoms with Gasteiger partial charge in [0, 0.05) is 16.8 Å². The van der Waals surface area contributed by atoms with E-state index in [1.807, 2.05) is 0 Å². The first kappa shape index (κ1) is 14.7. The van der Waals surface area contributed by atoms with E-state index in [1.165, 1.54) is 18.2 Å². The van der Waals surface area contributed by atoms with Crippen molar-refractivity contribution in [2.45, 2.75) is 6.42 Å². The Morgan fingerprint density at radius 2 is 1.78 bits per heavy atom. The number of amides is 2. The molecule has 116 valence electrons. The highest BCUT2D eigenvalue weighted by Gasteiger charge is 2.11. The second-order valence-corrected chi connectivity index (χ2v) is 4.96. The molecule has 0 saturated carbocycles. The zero-order valence-electron chi connectivity index (χ0n) is 12.0. The third-order valence-electron chi connectivity index (χ3n) is 3.16. The molecule has 3 rings (SSSR count). The first-order chi connectivity index (χ1) is 11.1. The van der Waals surface area contributed by atoms with Crippen LogP contribution in [0.4, 0.5) is 15.8 Å². The van der Waals surface area contributed by atoms with Crippen molar-refractivity contribution in [3.8, 4) is 0 Å². The zero-order valence-corrected chi connectivity index (χ0v) is 12.0. The fourth-order valence-electron chi connectivity index (χ4n) is 2.14. The largest absolute Gasteiger partial charge is 0.326 e. The number of halogens is 1. The van der Waals surface area contributed by atoms with Gasteiger partial charge in [-0.15, -0.1) is 0 Å². The molecule has 0 radical (unpaired) electrons. The zero-order chi connectivity index (χ0) is 16.2. The predicted octanol–water partition coefficient (Wildman–Crippen LogP) is 2.67. The van der Waals surface area contributed by atoms with Crippen LogP contribution >= 0.6 is 0 Å². The summed E-state index contributed by atoms with van der Waals surface area (Å²) < 4.78 is 13.0. The summed E-state index contributed by atoms with van der Waals surface area (Å²) in [6, 6.07) is 10.7. The topological polar surface area (TPSA) is 86.9 Å². The summed E-state index contributed by atoms with van der Waals surface area (Å²) in [5.41, 5.74) is 1.65. The highest BCUT2D eigenvalue weighted by molar-refractivity contribution is 6.08. The molecule has 0 fully saturated rings. The minimum absolute atomic E-state index is 0.307. The van der Waals surface area contributed by atoms with Gasteiger partial charge in [-0.1, -0.05) is 6.07 Å². The van der Waals surface area contributed by atoms with Gasteiger partial charge in [0.05, 0.1) is 11.7 Å². The number of H-pyrrole nitrogens is 1. The van der Waals surface area contributed by atoms with Gasteiger partial charge in [-0.2, -0.15) is 5.10 Å². The molecule has 0 aliphatic carbocycles. The van der Waals surface area contributed by atoms with Crippen LogP contribution in [-0.2, 0) is 9.59 Å². The van der Waals surface area contributed by atoms with Crippen molar-refractivity contribution in [3.63, 3.8) is 0 Å². The summed E-state index contributed by atoms with van der Waals surface area (Å²) in [7, 11) is 0. The lowest BCUT2D eigenvalue weighted by molar-refractivity contribution is -0.123. The molecule has 2 amide bonds. The number of carbonyl (C=O) groups excluding carboxylic acids is 2. The van der Waals surface area contributed by atoms with Crippen molar-refractivity contribution in [1.29, 1.82) is 0 Å². The van der Waals surface area contributed by atoms with E-state index in [4.69, 9.17) is 0 Å². The van der Waals surface area contributed by atoms with Crippen molar-refractivity contribution in [2.75, 3.05) is 10.6 Å². The van der Waals surface area contributed by atoms with Crippen LogP contribution in [0.5, 0.6) is 0 Å². The number of aromatic nitrogens is 2. The summed E-state index contributed by atoms with van der Waals surface area (Å²) in [6.07, 6.45) is 1.31. The van der Waals surface area contributed by atoms with Crippen LogP contribution in [0.1, 0.15) is 6.42 Å². The van der Waals surface area contributed by atoms with Gasteiger partial charge in [0.25, 0.3) is 0 Å². The molecule has 0 atom stereocenters. The minimum Gasteiger partial charge on any atom is -0.326 e. The molecule has 0 unspecified atom stereocenters. The van der Waals surface area contributed by atoms with Gasteiger partial charge in [0.2, 0.25) is 11.8 Å². The van der Waals surface area contributed by atoms with Gasteiger partial charge in [0.15, 0.2) is 0 Å². The van der Waals surface area contributed by atoms with Crippen LogP contribution in [0, 0.1) is 5.82 Å². The van der Waals surface area contributed by atoms with Crippen LogP contribution in [0.2, 0.25) is 0 Å². The van der Waals surface area contributed by atoms with E-state index in [9.17, 15) is 14.0 Å². The monoisotopic (exact) mass is 312 g/mol.